The number of fused-ring (bicyclic) bond motifs is 4. The number of carbonyl (C=O) groups excluding carboxylic acids is 1. The monoisotopic (exact) mass is 353 g/mol. The van der Waals surface area contributed by atoms with Crippen LogP contribution in [0.25, 0.3) is 10.8 Å². The molecule has 3 aromatic rings. The predicted octanol–water partition coefficient (Wildman–Crippen LogP) is 4.92. The van der Waals surface area contributed by atoms with Gasteiger partial charge in [-0.3, -0.25) is 4.79 Å². The fourth-order valence-corrected chi connectivity index (χ4v) is 6.17. The Kier molecular flexibility index (Phi) is 3.26. The lowest BCUT2D eigenvalue weighted by Gasteiger charge is -2.32. The van der Waals surface area contributed by atoms with Crippen LogP contribution in [0.3, 0.4) is 0 Å². The van der Waals surface area contributed by atoms with Gasteiger partial charge in [0, 0.05) is 18.5 Å². The Morgan fingerprint density at radius 3 is 2.56 bits per heavy atom. The largest absolute Gasteiger partial charge is 0.335 e. The van der Waals surface area contributed by atoms with Gasteiger partial charge in [-0.25, -0.2) is 0 Å². The van der Waals surface area contributed by atoms with Crippen molar-refractivity contribution >= 4 is 16.7 Å². The third-order valence-electron chi connectivity index (χ3n) is 7.24. The smallest absolute Gasteiger partial charge is 0.226 e. The summed E-state index contributed by atoms with van der Waals surface area (Å²) in [5, 5.41) is 2.65. The highest BCUT2D eigenvalue weighted by Gasteiger charge is 2.56. The molecule has 1 saturated heterocycles. The van der Waals surface area contributed by atoms with Gasteiger partial charge in [0.2, 0.25) is 5.91 Å². The average molecular weight is 353 g/mol. The maximum absolute atomic E-state index is 13.4. The average Bonchev–Trinajstić information content (AvgIpc) is 3.26. The highest BCUT2D eigenvalue weighted by atomic mass is 16.2. The van der Waals surface area contributed by atoms with E-state index >= 15 is 0 Å². The minimum atomic E-state index is 0.171. The molecule has 0 aromatic heterocycles. The second-order valence-electron chi connectivity index (χ2n) is 8.45. The summed E-state index contributed by atoms with van der Waals surface area (Å²) in [6.07, 6.45) is 3.28. The van der Waals surface area contributed by atoms with Crippen molar-refractivity contribution in [2.24, 2.45) is 11.8 Å². The number of amides is 1. The third kappa shape index (κ3) is 2.16. The van der Waals surface area contributed by atoms with Crippen molar-refractivity contribution in [3.63, 3.8) is 0 Å². The van der Waals surface area contributed by atoms with Crippen LogP contribution < -0.4 is 0 Å². The molecule has 2 nitrogen and oxygen atoms in total. The van der Waals surface area contributed by atoms with E-state index in [1.54, 1.807) is 0 Å². The number of rotatable bonds is 2. The van der Waals surface area contributed by atoms with Gasteiger partial charge in [-0.1, -0.05) is 66.7 Å². The molecular weight excluding hydrogens is 330 g/mol. The van der Waals surface area contributed by atoms with E-state index in [4.69, 9.17) is 0 Å². The number of benzene rings is 3. The zero-order valence-corrected chi connectivity index (χ0v) is 15.3. The Hall–Kier alpha value is -2.61. The van der Waals surface area contributed by atoms with Crippen molar-refractivity contribution in [1.29, 1.82) is 0 Å². The van der Waals surface area contributed by atoms with Gasteiger partial charge in [0.05, 0.1) is 0 Å². The molecule has 3 aliphatic rings. The SMILES string of the molecule is O=C1C2Cc3c(ccc4ccccc34)C3CCC(C23)N1Cc1ccccc1. The van der Waals surface area contributed by atoms with E-state index in [-0.39, 0.29) is 5.92 Å². The summed E-state index contributed by atoms with van der Waals surface area (Å²) in [7, 11) is 0. The van der Waals surface area contributed by atoms with Crippen LogP contribution in [0.1, 0.15) is 35.4 Å². The quantitative estimate of drug-likeness (QED) is 0.640. The molecule has 0 N–H and O–H groups in total. The minimum Gasteiger partial charge on any atom is -0.335 e. The lowest BCUT2D eigenvalue weighted by molar-refractivity contribution is -0.133. The lowest BCUT2D eigenvalue weighted by Crippen LogP contribution is -2.33. The number of carbonyl (C=O) groups is 1. The van der Waals surface area contributed by atoms with Crippen molar-refractivity contribution in [1.82, 2.24) is 4.90 Å². The molecule has 1 heterocycles. The standard InChI is InChI=1S/C25H23NO/c27-25-22-14-21-18-9-5-4-8-17(18)10-11-19(21)20-12-13-23(24(20)22)26(25)15-16-6-2-1-3-7-16/h1-11,20,22-24H,12-15H2. The molecular formula is C25H23NO. The Morgan fingerprint density at radius 2 is 1.67 bits per heavy atom. The van der Waals surface area contributed by atoms with Crippen molar-refractivity contribution in [3.05, 3.63) is 83.4 Å². The molecule has 27 heavy (non-hydrogen) atoms. The fourth-order valence-electron chi connectivity index (χ4n) is 6.17. The zero-order chi connectivity index (χ0) is 18.0. The molecule has 1 saturated carbocycles. The first-order valence-electron chi connectivity index (χ1n) is 10.2. The first-order chi connectivity index (χ1) is 13.3. The number of hydrogen-bond donors (Lipinski definition) is 0. The van der Waals surface area contributed by atoms with E-state index in [9.17, 15) is 4.79 Å². The van der Waals surface area contributed by atoms with E-state index in [0.717, 1.165) is 19.4 Å². The summed E-state index contributed by atoms with van der Waals surface area (Å²) in [4.78, 5) is 15.6. The van der Waals surface area contributed by atoms with Crippen LogP contribution >= 0.6 is 0 Å². The molecule has 4 atom stereocenters. The summed E-state index contributed by atoms with van der Waals surface area (Å²) in [6.45, 7) is 0.765. The van der Waals surface area contributed by atoms with Gasteiger partial charge in [0.15, 0.2) is 0 Å². The number of likely N-dealkylation sites (tertiary alicyclic amines) is 1. The number of hydrogen-bond acceptors (Lipinski definition) is 1. The van der Waals surface area contributed by atoms with E-state index < -0.39 is 0 Å². The second kappa shape index (κ2) is 5.69. The predicted molar refractivity (Wildman–Crippen MR) is 107 cm³/mol. The normalized spacial score (nSPS) is 28.4. The Labute approximate surface area is 159 Å². The van der Waals surface area contributed by atoms with Crippen molar-refractivity contribution < 1.29 is 4.79 Å². The van der Waals surface area contributed by atoms with Crippen LogP contribution in [0.2, 0.25) is 0 Å². The third-order valence-corrected chi connectivity index (χ3v) is 7.24. The molecule has 2 aliphatic carbocycles. The summed E-state index contributed by atoms with van der Waals surface area (Å²) in [6, 6.07) is 24.2. The van der Waals surface area contributed by atoms with Gasteiger partial charge in [0.25, 0.3) is 0 Å². The molecule has 0 spiro atoms. The van der Waals surface area contributed by atoms with Crippen LogP contribution in [0.4, 0.5) is 0 Å². The first kappa shape index (κ1) is 15.4. The summed E-state index contributed by atoms with van der Waals surface area (Å²) in [5.41, 5.74) is 4.21. The van der Waals surface area contributed by atoms with E-state index in [1.165, 1.54) is 33.9 Å². The van der Waals surface area contributed by atoms with Crippen molar-refractivity contribution in [2.45, 2.75) is 37.8 Å². The molecule has 6 rings (SSSR count). The molecule has 2 heteroatoms. The summed E-state index contributed by atoms with van der Waals surface area (Å²) >= 11 is 0. The van der Waals surface area contributed by atoms with Gasteiger partial charge in [-0.2, -0.15) is 0 Å². The molecule has 134 valence electrons. The molecule has 2 fully saturated rings. The molecule has 1 amide bonds. The maximum Gasteiger partial charge on any atom is 0.226 e. The van der Waals surface area contributed by atoms with E-state index in [1.807, 2.05) is 6.07 Å². The van der Waals surface area contributed by atoms with Crippen molar-refractivity contribution in [2.75, 3.05) is 0 Å². The summed E-state index contributed by atoms with van der Waals surface area (Å²) in [5.74, 6) is 1.62. The second-order valence-corrected chi connectivity index (χ2v) is 8.45. The minimum absolute atomic E-state index is 0.171. The Balaban J connectivity index is 1.42. The molecule has 4 unspecified atom stereocenters. The van der Waals surface area contributed by atoms with Gasteiger partial charge in [-0.05, 0) is 58.6 Å². The van der Waals surface area contributed by atoms with Crippen LogP contribution in [0.15, 0.2) is 66.7 Å². The molecule has 0 radical (unpaired) electrons. The lowest BCUT2D eigenvalue weighted by atomic mass is 9.70. The van der Waals surface area contributed by atoms with Gasteiger partial charge < -0.3 is 4.90 Å². The van der Waals surface area contributed by atoms with Crippen molar-refractivity contribution in [3.8, 4) is 0 Å². The molecule has 3 aromatic carbocycles. The van der Waals surface area contributed by atoms with Gasteiger partial charge >= 0.3 is 0 Å². The highest BCUT2D eigenvalue weighted by molar-refractivity contribution is 5.90. The zero-order valence-electron chi connectivity index (χ0n) is 15.3. The molecule has 1 aliphatic heterocycles. The topological polar surface area (TPSA) is 20.3 Å². The van der Waals surface area contributed by atoms with E-state index in [0.29, 0.717) is 23.8 Å². The number of nitrogens with zero attached hydrogens (tertiary/aromatic N) is 1. The van der Waals surface area contributed by atoms with Crippen LogP contribution in [0, 0.1) is 11.8 Å². The first-order valence-corrected chi connectivity index (χ1v) is 10.2. The van der Waals surface area contributed by atoms with Crippen LogP contribution in [0.5, 0.6) is 0 Å². The Bertz CT molecular complexity index is 1040. The van der Waals surface area contributed by atoms with Gasteiger partial charge in [0.1, 0.15) is 0 Å². The Morgan fingerprint density at radius 1 is 0.852 bits per heavy atom. The van der Waals surface area contributed by atoms with E-state index in [2.05, 4.69) is 65.6 Å². The summed E-state index contributed by atoms with van der Waals surface area (Å²) < 4.78 is 0. The highest BCUT2D eigenvalue weighted by Crippen LogP contribution is 2.56. The van der Waals surface area contributed by atoms with Crippen LogP contribution in [-0.2, 0) is 17.8 Å². The molecule has 0 bridgehead atoms. The fraction of sp³-hybridized carbons (Fsp3) is 0.320. The van der Waals surface area contributed by atoms with Crippen LogP contribution in [-0.4, -0.2) is 16.8 Å². The van der Waals surface area contributed by atoms with Gasteiger partial charge in [-0.15, -0.1) is 0 Å². The maximum atomic E-state index is 13.4.